The van der Waals surface area contributed by atoms with Gasteiger partial charge in [0.2, 0.25) is 0 Å². The summed E-state index contributed by atoms with van der Waals surface area (Å²) >= 11 is 0. The van der Waals surface area contributed by atoms with Crippen LogP contribution in [0.2, 0.25) is 0 Å². The molecule has 1 unspecified atom stereocenters. The summed E-state index contributed by atoms with van der Waals surface area (Å²) in [4.78, 5) is 2.18. The Kier molecular flexibility index (Phi) is 3.51. The maximum absolute atomic E-state index is 13.4. The summed E-state index contributed by atoms with van der Waals surface area (Å²) in [6.45, 7) is 2.44. The molecule has 2 nitrogen and oxygen atoms in total. The van der Waals surface area contributed by atoms with Gasteiger partial charge in [0.1, 0.15) is 11.6 Å². The Bertz CT molecular complexity index is 368. The highest BCUT2D eigenvalue weighted by molar-refractivity contribution is 5.18. The van der Waals surface area contributed by atoms with E-state index in [1.54, 1.807) is 0 Å². The molecular weight excluding hydrogens is 210 g/mol. The number of hydrogen-bond donors (Lipinski definition) is 1. The number of likely N-dealkylation sites (tertiary alicyclic amines) is 1. The number of hydrogen-bond acceptors (Lipinski definition) is 2. The summed E-state index contributed by atoms with van der Waals surface area (Å²) in [5, 5.41) is 3.21. The molecule has 2 rings (SSSR count). The molecular formula is C12H16F2N2. The third-order valence-electron chi connectivity index (χ3n) is 3.09. The second-order valence-corrected chi connectivity index (χ2v) is 4.25. The van der Waals surface area contributed by atoms with E-state index < -0.39 is 11.6 Å². The fourth-order valence-corrected chi connectivity index (χ4v) is 2.10. The van der Waals surface area contributed by atoms with E-state index in [0.717, 1.165) is 25.6 Å². The highest BCUT2D eigenvalue weighted by atomic mass is 19.1. The van der Waals surface area contributed by atoms with Gasteiger partial charge in [-0.2, -0.15) is 0 Å². The van der Waals surface area contributed by atoms with E-state index in [-0.39, 0.29) is 0 Å². The van der Waals surface area contributed by atoms with Gasteiger partial charge in [-0.15, -0.1) is 0 Å². The molecule has 0 amide bonds. The predicted octanol–water partition coefficient (Wildman–Crippen LogP) is 1.76. The van der Waals surface area contributed by atoms with Crippen LogP contribution in [0.15, 0.2) is 18.2 Å². The molecule has 0 spiro atoms. The minimum atomic E-state index is -0.518. The van der Waals surface area contributed by atoms with Gasteiger partial charge >= 0.3 is 0 Å². The second-order valence-electron chi connectivity index (χ2n) is 4.25. The van der Waals surface area contributed by atoms with Crippen molar-refractivity contribution in [3.8, 4) is 0 Å². The van der Waals surface area contributed by atoms with Crippen molar-refractivity contribution in [3.05, 3.63) is 35.4 Å². The zero-order valence-corrected chi connectivity index (χ0v) is 9.34. The normalized spacial score (nSPS) is 21.6. The lowest BCUT2D eigenvalue weighted by atomic mass is 10.2. The quantitative estimate of drug-likeness (QED) is 0.844. The molecule has 1 aliphatic rings. The molecule has 1 heterocycles. The molecule has 4 heteroatoms. The van der Waals surface area contributed by atoms with E-state index in [0.29, 0.717) is 18.2 Å². The van der Waals surface area contributed by atoms with Gasteiger partial charge in [0, 0.05) is 37.3 Å². The van der Waals surface area contributed by atoms with Gasteiger partial charge < -0.3 is 5.32 Å². The number of rotatable bonds is 3. The largest absolute Gasteiger partial charge is 0.316 e. The Morgan fingerprint density at radius 2 is 2.25 bits per heavy atom. The fraction of sp³-hybridized carbons (Fsp3) is 0.500. The van der Waals surface area contributed by atoms with E-state index >= 15 is 0 Å². The molecule has 0 radical (unpaired) electrons. The standard InChI is InChI=1S/C12H16F2N2/c1-15-11-4-5-16(8-11)7-9-2-3-10(13)6-12(9)14/h2-3,6,11,15H,4-5,7-8H2,1H3. The predicted molar refractivity (Wildman–Crippen MR) is 59.1 cm³/mol. The molecule has 1 fully saturated rings. The smallest absolute Gasteiger partial charge is 0.130 e. The summed E-state index contributed by atoms with van der Waals surface area (Å²) in [6.07, 6.45) is 1.08. The van der Waals surface area contributed by atoms with E-state index in [9.17, 15) is 8.78 Å². The van der Waals surface area contributed by atoms with Crippen molar-refractivity contribution in [1.29, 1.82) is 0 Å². The Morgan fingerprint density at radius 1 is 1.44 bits per heavy atom. The third-order valence-corrected chi connectivity index (χ3v) is 3.09. The van der Waals surface area contributed by atoms with Crippen molar-refractivity contribution in [3.63, 3.8) is 0 Å². The van der Waals surface area contributed by atoms with Gasteiger partial charge in [-0.3, -0.25) is 4.90 Å². The fourth-order valence-electron chi connectivity index (χ4n) is 2.10. The topological polar surface area (TPSA) is 15.3 Å². The van der Waals surface area contributed by atoms with Gasteiger partial charge in [0.15, 0.2) is 0 Å². The molecule has 1 atom stereocenters. The van der Waals surface area contributed by atoms with Gasteiger partial charge in [0.05, 0.1) is 0 Å². The summed E-state index contributed by atoms with van der Waals surface area (Å²) in [7, 11) is 1.94. The molecule has 16 heavy (non-hydrogen) atoms. The molecule has 0 bridgehead atoms. The molecule has 88 valence electrons. The average molecular weight is 226 g/mol. The van der Waals surface area contributed by atoms with Crippen molar-refractivity contribution < 1.29 is 8.78 Å². The Hall–Kier alpha value is -1.00. The minimum absolute atomic E-state index is 0.451. The molecule has 1 saturated heterocycles. The number of likely N-dealkylation sites (N-methyl/N-ethyl adjacent to an activating group) is 1. The van der Waals surface area contributed by atoms with Crippen molar-refractivity contribution in [2.24, 2.45) is 0 Å². The second kappa shape index (κ2) is 4.89. The Morgan fingerprint density at radius 3 is 2.88 bits per heavy atom. The lowest BCUT2D eigenvalue weighted by Gasteiger charge is -2.16. The first kappa shape index (κ1) is 11.5. The number of benzene rings is 1. The van der Waals surface area contributed by atoms with Crippen molar-refractivity contribution in [2.75, 3.05) is 20.1 Å². The van der Waals surface area contributed by atoms with E-state index in [4.69, 9.17) is 0 Å². The lowest BCUT2D eigenvalue weighted by molar-refractivity contribution is 0.316. The van der Waals surface area contributed by atoms with Crippen molar-refractivity contribution >= 4 is 0 Å². The van der Waals surface area contributed by atoms with E-state index in [1.807, 2.05) is 7.05 Å². The van der Waals surface area contributed by atoms with Crippen LogP contribution >= 0.6 is 0 Å². The van der Waals surface area contributed by atoms with Crippen LogP contribution in [0.25, 0.3) is 0 Å². The van der Waals surface area contributed by atoms with E-state index in [1.165, 1.54) is 12.1 Å². The van der Waals surface area contributed by atoms with Crippen LogP contribution in [0.1, 0.15) is 12.0 Å². The van der Waals surface area contributed by atoms with Gasteiger partial charge in [-0.05, 0) is 19.5 Å². The maximum atomic E-state index is 13.4. The molecule has 1 aromatic rings. The summed E-state index contributed by atoms with van der Waals surface area (Å²) < 4.78 is 26.1. The zero-order valence-electron chi connectivity index (χ0n) is 9.34. The Balaban J connectivity index is 1.99. The van der Waals surface area contributed by atoms with Gasteiger partial charge in [-0.1, -0.05) is 6.07 Å². The van der Waals surface area contributed by atoms with Crippen LogP contribution < -0.4 is 5.32 Å². The highest BCUT2D eigenvalue weighted by Gasteiger charge is 2.21. The first-order valence-electron chi connectivity index (χ1n) is 5.52. The lowest BCUT2D eigenvalue weighted by Crippen LogP contribution is -2.29. The van der Waals surface area contributed by atoms with Crippen LogP contribution in [0.3, 0.4) is 0 Å². The van der Waals surface area contributed by atoms with Crippen LogP contribution in [0.4, 0.5) is 8.78 Å². The molecule has 0 aromatic heterocycles. The van der Waals surface area contributed by atoms with E-state index in [2.05, 4.69) is 10.2 Å². The number of halogens is 2. The SMILES string of the molecule is CNC1CCN(Cc2ccc(F)cc2F)C1. The molecule has 0 aliphatic carbocycles. The summed E-state index contributed by atoms with van der Waals surface area (Å²) in [6, 6.07) is 4.27. The monoisotopic (exact) mass is 226 g/mol. The average Bonchev–Trinajstić information content (AvgIpc) is 2.70. The maximum Gasteiger partial charge on any atom is 0.130 e. The number of nitrogens with one attached hydrogen (secondary N) is 1. The number of nitrogens with zero attached hydrogens (tertiary/aromatic N) is 1. The minimum Gasteiger partial charge on any atom is -0.316 e. The zero-order chi connectivity index (χ0) is 11.5. The Labute approximate surface area is 94.3 Å². The first-order valence-corrected chi connectivity index (χ1v) is 5.52. The molecule has 1 N–H and O–H groups in total. The van der Waals surface area contributed by atoms with Crippen molar-refractivity contribution in [2.45, 2.75) is 19.0 Å². The first-order chi connectivity index (χ1) is 7.69. The highest BCUT2D eigenvalue weighted by Crippen LogP contribution is 2.16. The van der Waals surface area contributed by atoms with Gasteiger partial charge in [-0.25, -0.2) is 8.78 Å². The van der Waals surface area contributed by atoms with Crippen molar-refractivity contribution in [1.82, 2.24) is 10.2 Å². The third kappa shape index (κ3) is 2.57. The van der Waals surface area contributed by atoms with Crippen LogP contribution in [-0.4, -0.2) is 31.1 Å². The van der Waals surface area contributed by atoms with Gasteiger partial charge in [0.25, 0.3) is 0 Å². The molecule has 0 saturated carbocycles. The van der Waals surface area contributed by atoms with Crippen LogP contribution in [-0.2, 0) is 6.54 Å². The van der Waals surface area contributed by atoms with Crippen LogP contribution in [0.5, 0.6) is 0 Å². The molecule has 1 aliphatic heterocycles. The summed E-state index contributed by atoms with van der Waals surface area (Å²) in [5.74, 6) is -0.969. The van der Waals surface area contributed by atoms with Crippen LogP contribution in [0, 0.1) is 11.6 Å². The summed E-state index contributed by atoms with van der Waals surface area (Å²) in [5.41, 5.74) is 0.568. The molecule has 1 aromatic carbocycles.